The van der Waals surface area contributed by atoms with Gasteiger partial charge >= 0.3 is 12.3 Å². The summed E-state index contributed by atoms with van der Waals surface area (Å²) in [5.41, 5.74) is 4.07. The molecule has 4 aromatic rings. The molecule has 0 unspecified atom stereocenters. The van der Waals surface area contributed by atoms with Crippen LogP contribution in [-0.4, -0.2) is 86.6 Å². The van der Waals surface area contributed by atoms with E-state index in [2.05, 4.69) is 19.8 Å². The number of ether oxygens (including phenoxy) is 4. The second-order valence-electron chi connectivity index (χ2n) is 11.3. The Morgan fingerprint density at radius 3 is 1.47 bits per heavy atom. The quantitative estimate of drug-likeness (QED) is 0.0858. The van der Waals surface area contributed by atoms with Crippen LogP contribution >= 0.6 is 0 Å². The molecule has 4 rings (SSSR count). The van der Waals surface area contributed by atoms with Crippen molar-refractivity contribution >= 4 is 34.1 Å². The van der Waals surface area contributed by atoms with E-state index in [1.807, 2.05) is 64.8 Å². The van der Waals surface area contributed by atoms with Crippen molar-refractivity contribution in [2.75, 3.05) is 54.5 Å². The second kappa shape index (κ2) is 16.0. The second-order valence-corrected chi connectivity index (χ2v) is 11.3. The smallest absolute Gasteiger partial charge is 0.434 e. The molecule has 0 aliphatic rings. The molecule has 0 fully saturated rings. The topological polar surface area (TPSA) is 109 Å². The van der Waals surface area contributed by atoms with E-state index in [9.17, 15) is 9.59 Å². The van der Waals surface area contributed by atoms with E-state index in [1.165, 1.54) is 0 Å². The van der Waals surface area contributed by atoms with E-state index >= 15 is 0 Å². The summed E-state index contributed by atoms with van der Waals surface area (Å²) in [6, 6.07) is 11.2. The Bertz CT molecular complexity index is 1360. The van der Waals surface area contributed by atoms with Crippen LogP contribution in [0.25, 0.3) is 21.8 Å². The number of benzene rings is 2. The predicted octanol–water partition coefficient (Wildman–Crippen LogP) is 6.54. The minimum atomic E-state index is -0.695. The summed E-state index contributed by atoms with van der Waals surface area (Å²) >= 11 is 0. The standard InChI is InChI=1S/C33H44N4O6/c1-36(2)18-16-24-22-34-26-12-10-14-28(30(24)26)42-32(38)40-20-8-6-5-7-9-21-41-33(39)43-29-15-11-13-27-31(29)25(23-35-27)17-19-37(3)4/h10-15,22-23,34-35H,5-9,16-21H2,1-4H3. The summed E-state index contributed by atoms with van der Waals surface area (Å²) in [5.74, 6) is 1.01. The van der Waals surface area contributed by atoms with Gasteiger partial charge in [-0.3, -0.25) is 0 Å². The van der Waals surface area contributed by atoms with Crippen molar-refractivity contribution in [2.24, 2.45) is 0 Å². The number of hydrogen-bond donors (Lipinski definition) is 2. The van der Waals surface area contributed by atoms with Crippen molar-refractivity contribution in [3.05, 3.63) is 59.9 Å². The van der Waals surface area contributed by atoms with Crippen molar-refractivity contribution in [1.29, 1.82) is 0 Å². The number of nitrogens with zero attached hydrogens (tertiary/aromatic N) is 2. The van der Waals surface area contributed by atoms with Gasteiger partial charge in [-0.05, 0) is 89.3 Å². The Kier molecular flexibility index (Phi) is 11.9. The minimum absolute atomic E-state index is 0.291. The van der Waals surface area contributed by atoms with Gasteiger partial charge in [0.2, 0.25) is 0 Å². The van der Waals surface area contributed by atoms with E-state index in [1.54, 1.807) is 12.1 Å². The van der Waals surface area contributed by atoms with Gasteiger partial charge in [0.15, 0.2) is 0 Å². The van der Waals surface area contributed by atoms with Gasteiger partial charge in [0.1, 0.15) is 11.5 Å². The molecule has 0 aliphatic heterocycles. The van der Waals surface area contributed by atoms with Gasteiger partial charge < -0.3 is 38.7 Å². The fourth-order valence-corrected chi connectivity index (χ4v) is 4.98. The first-order chi connectivity index (χ1) is 20.8. The molecule has 0 amide bonds. The lowest BCUT2D eigenvalue weighted by atomic mass is 10.1. The predicted molar refractivity (Wildman–Crippen MR) is 168 cm³/mol. The largest absolute Gasteiger partial charge is 0.513 e. The maximum atomic E-state index is 12.3. The molecule has 0 atom stereocenters. The SMILES string of the molecule is CN(C)CCc1c[nH]c2cccc(OC(=O)OCCCCCCCOC(=O)Oc3cccc4[nH]cc(CCN(C)C)c34)c12. The Balaban J connectivity index is 1.10. The normalized spacial score (nSPS) is 11.5. The number of H-pyrrole nitrogens is 2. The summed E-state index contributed by atoms with van der Waals surface area (Å²) < 4.78 is 21.7. The molecule has 0 saturated carbocycles. The molecule has 2 aromatic heterocycles. The number of carbonyl (C=O) groups excluding carboxylic acids is 2. The third-order valence-corrected chi connectivity index (χ3v) is 7.27. The number of aromatic nitrogens is 2. The summed E-state index contributed by atoms with van der Waals surface area (Å²) in [4.78, 5) is 35.4. The van der Waals surface area contributed by atoms with E-state index in [0.29, 0.717) is 24.7 Å². The number of hydrogen-bond acceptors (Lipinski definition) is 8. The highest BCUT2D eigenvalue weighted by atomic mass is 16.7. The molecular weight excluding hydrogens is 548 g/mol. The fraction of sp³-hybridized carbons (Fsp3) is 0.455. The molecule has 2 aromatic carbocycles. The van der Waals surface area contributed by atoms with Crippen LogP contribution in [0.3, 0.4) is 0 Å². The maximum absolute atomic E-state index is 12.3. The number of likely N-dealkylation sites (N-methyl/N-ethyl adjacent to an activating group) is 2. The average molecular weight is 593 g/mol. The third-order valence-electron chi connectivity index (χ3n) is 7.27. The molecule has 0 radical (unpaired) electrons. The van der Waals surface area contributed by atoms with Gasteiger partial charge in [0.25, 0.3) is 0 Å². The molecule has 0 spiro atoms. The summed E-state index contributed by atoms with van der Waals surface area (Å²) in [6.07, 6.45) is 8.42. The van der Waals surface area contributed by atoms with Crippen LogP contribution < -0.4 is 9.47 Å². The summed E-state index contributed by atoms with van der Waals surface area (Å²) in [5, 5.41) is 1.83. The summed E-state index contributed by atoms with van der Waals surface area (Å²) in [7, 11) is 8.12. The summed E-state index contributed by atoms with van der Waals surface area (Å²) in [6.45, 7) is 2.37. The molecule has 0 saturated heterocycles. The van der Waals surface area contributed by atoms with E-state index in [-0.39, 0.29) is 0 Å². The number of nitrogens with one attached hydrogen (secondary N) is 2. The zero-order chi connectivity index (χ0) is 30.6. The number of carbonyl (C=O) groups is 2. The molecule has 2 heterocycles. The maximum Gasteiger partial charge on any atom is 0.513 e. The third kappa shape index (κ3) is 9.49. The van der Waals surface area contributed by atoms with Crippen LogP contribution in [-0.2, 0) is 22.3 Å². The minimum Gasteiger partial charge on any atom is -0.434 e. The van der Waals surface area contributed by atoms with Crippen molar-refractivity contribution in [3.63, 3.8) is 0 Å². The Hall–Kier alpha value is -4.02. The van der Waals surface area contributed by atoms with E-state index < -0.39 is 12.3 Å². The molecule has 10 nitrogen and oxygen atoms in total. The molecule has 232 valence electrons. The van der Waals surface area contributed by atoms with Gasteiger partial charge in [0, 0.05) is 47.3 Å². The van der Waals surface area contributed by atoms with Crippen molar-refractivity contribution in [3.8, 4) is 11.5 Å². The van der Waals surface area contributed by atoms with Crippen molar-refractivity contribution in [1.82, 2.24) is 19.8 Å². The molecule has 43 heavy (non-hydrogen) atoms. The Labute approximate surface area is 253 Å². The van der Waals surface area contributed by atoms with Crippen LogP contribution in [0, 0.1) is 0 Å². The average Bonchev–Trinajstić information content (AvgIpc) is 3.59. The highest BCUT2D eigenvalue weighted by Crippen LogP contribution is 2.30. The number of rotatable bonds is 16. The zero-order valence-electron chi connectivity index (χ0n) is 25.7. The van der Waals surface area contributed by atoms with Gasteiger partial charge in [0.05, 0.1) is 13.2 Å². The first-order valence-corrected chi connectivity index (χ1v) is 15.0. The lowest BCUT2D eigenvalue weighted by Crippen LogP contribution is -2.15. The van der Waals surface area contributed by atoms with Gasteiger partial charge in [-0.1, -0.05) is 31.4 Å². The van der Waals surface area contributed by atoms with E-state index in [4.69, 9.17) is 18.9 Å². The van der Waals surface area contributed by atoms with Gasteiger partial charge in [-0.2, -0.15) is 0 Å². The molecule has 0 aliphatic carbocycles. The first-order valence-electron chi connectivity index (χ1n) is 15.0. The fourth-order valence-electron chi connectivity index (χ4n) is 4.98. The first kappa shape index (κ1) is 31.9. The van der Waals surface area contributed by atoms with Crippen LogP contribution in [0.5, 0.6) is 11.5 Å². The lowest BCUT2D eigenvalue weighted by molar-refractivity contribution is 0.0969. The lowest BCUT2D eigenvalue weighted by Gasteiger charge is -2.11. The van der Waals surface area contributed by atoms with Crippen LogP contribution in [0.15, 0.2) is 48.8 Å². The zero-order valence-corrected chi connectivity index (χ0v) is 25.7. The number of unbranched alkanes of at least 4 members (excludes halogenated alkanes) is 4. The monoisotopic (exact) mass is 592 g/mol. The van der Waals surface area contributed by atoms with Crippen LogP contribution in [0.4, 0.5) is 9.59 Å². The van der Waals surface area contributed by atoms with Gasteiger partial charge in [-0.25, -0.2) is 9.59 Å². The number of fused-ring (bicyclic) bond motifs is 2. The highest BCUT2D eigenvalue weighted by Gasteiger charge is 2.15. The highest BCUT2D eigenvalue weighted by molar-refractivity contribution is 5.91. The van der Waals surface area contributed by atoms with Crippen molar-refractivity contribution in [2.45, 2.75) is 44.9 Å². The van der Waals surface area contributed by atoms with Crippen LogP contribution in [0.1, 0.15) is 43.2 Å². The van der Waals surface area contributed by atoms with E-state index in [0.717, 1.165) is 91.0 Å². The molecule has 10 heteroatoms. The molecule has 2 N–H and O–H groups in total. The Morgan fingerprint density at radius 1 is 0.628 bits per heavy atom. The van der Waals surface area contributed by atoms with Crippen LogP contribution in [0.2, 0.25) is 0 Å². The molecule has 0 bridgehead atoms. The molecular formula is C33H44N4O6. The van der Waals surface area contributed by atoms with Crippen molar-refractivity contribution < 1.29 is 28.5 Å². The Morgan fingerprint density at radius 2 is 1.05 bits per heavy atom. The van der Waals surface area contributed by atoms with Gasteiger partial charge in [-0.15, -0.1) is 0 Å². The number of aromatic amines is 2.